The van der Waals surface area contributed by atoms with E-state index in [-0.39, 0.29) is 18.0 Å². The summed E-state index contributed by atoms with van der Waals surface area (Å²) in [4.78, 5) is 26.3. The van der Waals surface area contributed by atoms with Crippen LogP contribution in [0.5, 0.6) is 5.75 Å². The Morgan fingerprint density at radius 3 is 2.54 bits per heavy atom. The number of H-pyrrole nitrogens is 1. The molecule has 5 nitrogen and oxygen atoms in total. The molecule has 0 aliphatic carbocycles. The first-order valence-corrected chi connectivity index (χ1v) is 9.14. The molecule has 0 fully saturated rings. The molecule has 0 bridgehead atoms. The van der Waals surface area contributed by atoms with Crippen LogP contribution >= 0.6 is 15.9 Å². The molecular formula is C20H20BrNO4. The molecule has 0 aliphatic rings. The molecule has 0 spiro atoms. The molecule has 3 aromatic rings. The summed E-state index contributed by atoms with van der Waals surface area (Å²) in [7, 11) is 0. The Bertz CT molecular complexity index is 1020. The smallest absolute Gasteiger partial charge is 0.308 e. The lowest BCUT2D eigenvalue weighted by atomic mass is 9.98. The minimum Gasteiger partial charge on any atom is -0.463 e. The summed E-state index contributed by atoms with van der Waals surface area (Å²) >= 11 is 3.51. The minimum atomic E-state index is -0.368. The number of aromatic nitrogens is 1. The standard InChI is InChI=1S/C20H20BrNO4/c1-10(25-12(3)23)7-15-11(2)19(26-13(4)24)9-17-16-8-14(21)5-6-18(16)22-20(15)17/h5-6,8-10,22H,7H2,1-4H3/t10-/m1/s1. The molecule has 0 saturated heterocycles. The Morgan fingerprint density at radius 1 is 1.15 bits per heavy atom. The summed E-state index contributed by atoms with van der Waals surface area (Å²) in [6.07, 6.45) is 0.227. The number of halogens is 1. The number of carbonyl (C=O) groups excluding carboxylic acids is 2. The summed E-state index contributed by atoms with van der Waals surface area (Å²) in [5, 5.41) is 2.00. The fraction of sp³-hybridized carbons (Fsp3) is 0.300. The lowest BCUT2D eigenvalue weighted by Crippen LogP contribution is -2.16. The van der Waals surface area contributed by atoms with Crippen molar-refractivity contribution in [3.63, 3.8) is 0 Å². The van der Waals surface area contributed by atoms with Gasteiger partial charge >= 0.3 is 11.9 Å². The topological polar surface area (TPSA) is 68.4 Å². The molecule has 1 aromatic heterocycles. The number of aromatic amines is 1. The van der Waals surface area contributed by atoms with Gasteiger partial charge in [-0.25, -0.2) is 0 Å². The van der Waals surface area contributed by atoms with Gasteiger partial charge in [0, 0.05) is 41.0 Å². The van der Waals surface area contributed by atoms with Crippen LogP contribution in [0, 0.1) is 6.92 Å². The van der Waals surface area contributed by atoms with Crippen molar-refractivity contribution in [1.29, 1.82) is 0 Å². The van der Waals surface area contributed by atoms with Crippen LogP contribution in [-0.4, -0.2) is 23.0 Å². The zero-order valence-electron chi connectivity index (χ0n) is 15.1. The second kappa shape index (κ2) is 7.11. The van der Waals surface area contributed by atoms with Crippen LogP contribution in [-0.2, 0) is 20.7 Å². The van der Waals surface area contributed by atoms with Gasteiger partial charge in [-0.1, -0.05) is 15.9 Å². The lowest BCUT2D eigenvalue weighted by Gasteiger charge is -2.17. The van der Waals surface area contributed by atoms with Crippen LogP contribution in [0.15, 0.2) is 28.7 Å². The van der Waals surface area contributed by atoms with Gasteiger partial charge in [0.1, 0.15) is 11.9 Å². The van der Waals surface area contributed by atoms with Crippen LogP contribution in [0.1, 0.15) is 31.9 Å². The normalized spacial score (nSPS) is 12.3. The van der Waals surface area contributed by atoms with Gasteiger partial charge in [0.05, 0.1) is 5.52 Å². The Kier molecular flexibility index (Phi) is 5.05. The first-order valence-electron chi connectivity index (χ1n) is 8.35. The van der Waals surface area contributed by atoms with Crippen molar-refractivity contribution < 1.29 is 19.1 Å². The van der Waals surface area contributed by atoms with E-state index >= 15 is 0 Å². The second-order valence-electron chi connectivity index (χ2n) is 6.43. The SMILES string of the molecule is CC(=O)Oc1cc2c([nH]c3ccc(Br)cc32)c(C[C@@H](C)OC(C)=O)c1C. The third-order valence-corrected chi connectivity index (χ3v) is 4.81. The number of ether oxygens (including phenoxy) is 2. The highest BCUT2D eigenvalue weighted by Gasteiger charge is 2.19. The van der Waals surface area contributed by atoms with E-state index in [0.29, 0.717) is 12.2 Å². The van der Waals surface area contributed by atoms with E-state index in [4.69, 9.17) is 9.47 Å². The maximum Gasteiger partial charge on any atom is 0.308 e. The zero-order chi connectivity index (χ0) is 19.0. The van der Waals surface area contributed by atoms with Gasteiger partial charge < -0.3 is 14.5 Å². The molecule has 1 N–H and O–H groups in total. The summed E-state index contributed by atoms with van der Waals surface area (Å²) in [5.74, 6) is -0.161. The molecule has 0 radical (unpaired) electrons. The summed E-state index contributed by atoms with van der Waals surface area (Å²) in [6.45, 7) is 6.55. The largest absolute Gasteiger partial charge is 0.463 e. The number of fused-ring (bicyclic) bond motifs is 3. The monoisotopic (exact) mass is 417 g/mol. The van der Waals surface area contributed by atoms with E-state index in [2.05, 4.69) is 20.9 Å². The van der Waals surface area contributed by atoms with Gasteiger partial charge in [-0.15, -0.1) is 0 Å². The molecule has 26 heavy (non-hydrogen) atoms. The maximum atomic E-state index is 11.5. The molecule has 1 atom stereocenters. The number of carbonyl (C=O) groups is 2. The van der Waals surface area contributed by atoms with Crippen molar-refractivity contribution in [2.75, 3.05) is 0 Å². The first kappa shape index (κ1) is 18.5. The third-order valence-electron chi connectivity index (χ3n) is 4.31. The van der Waals surface area contributed by atoms with Crippen molar-refractivity contribution in [3.8, 4) is 5.75 Å². The van der Waals surface area contributed by atoms with Crippen LogP contribution in [0.3, 0.4) is 0 Å². The van der Waals surface area contributed by atoms with Gasteiger partial charge in [0.15, 0.2) is 0 Å². The van der Waals surface area contributed by atoms with E-state index < -0.39 is 0 Å². The molecule has 0 aliphatic heterocycles. The fourth-order valence-electron chi connectivity index (χ4n) is 3.28. The molecule has 2 aromatic carbocycles. The lowest BCUT2D eigenvalue weighted by molar-refractivity contribution is -0.145. The quantitative estimate of drug-likeness (QED) is 0.488. The first-order chi connectivity index (χ1) is 12.3. The van der Waals surface area contributed by atoms with Crippen LogP contribution in [0.4, 0.5) is 0 Å². The Labute approximate surface area is 159 Å². The Balaban J connectivity index is 2.24. The Hall–Kier alpha value is -2.34. The van der Waals surface area contributed by atoms with E-state index in [0.717, 1.165) is 37.4 Å². The Morgan fingerprint density at radius 2 is 1.88 bits per heavy atom. The average Bonchev–Trinajstić information content (AvgIpc) is 2.88. The van der Waals surface area contributed by atoms with Crippen molar-refractivity contribution in [1.82, 2.24) is 4.98 Å². The highest BCUT2D eigenvalue weighted by molar-refractivity contribution is 9.10. The van der Waals surface area contributed by atoms with Crippen molar-refractivity contribution in [2.45, 2.75) is 40.2 Å². The summed E-state index contributed by atoms with van der Waals surface area (Å²) < 4.78 is 11.7. The predicted molar refractivity (Wildman–Crippen MR) is 104 cm³/mol. The zero-order valence-corrected chi connectivity index (χ0v) is 16.7. The second-order valence-corrected chi connectivity index (χ2v) is 7.35. The molecule has 3 rings (SSSR count). The van der Waals surface area contributed by atoms with Gasteiger partial charge in [-0.2, -0.15) is 0 Å². The molecule has 1 heterocycles. The maximum absolute atomic E-state index is 11.5. The number of nitrogens with one attached hydrogen (secondary N) is 1. The van der Waals surface area contributed by atoms with Crippen LogP contribution in [0.2, 0.25) is 0 Å². The fourth-order valence-corrected chi connectivity index (χ4v) is 3.64. The van der Waals surface area contributed by atoms with Gasteiger partial charge in [-0.3, -0.25) is 9.59 Å². The molecule has 0 saturated carbocycles. The van der Waals surface area contributed by atoms with Crippen LogP contribution in [0.25, 0.3) is 21.8 Å². The van der Waals surface area contributed by atoms with Crippen molar-refractivity contribution in [3.05, 3.63) is 39.9 Å². The van der Waals surface area contributed by atoms with Crippen molar-refractivity contribution in [2.24, 2.45) is 0 Å². The average molecular weight is 418 g/mol. The number of hydrogen-bond acceptors (Lipinski definition) is 4. The minimum absolute atomic E-state index is 0.292. The molecule has 6 heteroatoms. The van der Waals surface area contributed by atoms with E-state index in [9.17, 15) is 9.59 Å². The highest BCUT2D eigenvalue weighted by atomic mass is 79.9. The van der Waals surface area contributed by atoms with Gasteiger partial charge in [-0.05, 0) is 49.2 Å². The summed E-state index contributed by atoms with van der Waals surface area (Å²) in [6, 6.07) is 7.88. The summed E-state index contributed by atoms with van der Waals surface area (Å²) in [5.41, 5.74) is 3.78. The molecule has 136 valence electrons. The van der Waals surface area contributed by atoms with E-state index in [1.165, 1.54) is 13.8 Å². The van der Waals surface area contributed by atoms with Crippen LogP contribution < -0.4 is 4.74 Å². The number of benzene rings is 2. The molecular weight excluding hydrogens is 398 g/mol. The van der Waals surface area contributed by atoms with E-state index in [1.807, 2.05) is 38.1 Å². The van der Waals surface area contributed by atoms with Gasteiger partial charge in [0.2, 0.25) is 0 Å². The van der Waals surface area contributed by atoms with E-state index in [1.54, 1.807) is 0 Å². The van der Waals surface area contributed by atoms with Crippen molar-refractivity contribution >= 4 is 49.7 Å². The highest BCUT2D eigenvalue weighted by Crippen LogP contribution is 2.36. The molecule has 0 unspecified atom stereocenters. The number of rotatable bonds is 4. The predicted octanol–water partition coefficient (Wildman–Crippen LogP) is 4.81. The number of esters is 2. The third kappa shape index (κ3) is 3.60. The van der Waals surface area contributed by atoms with Gasteiger partial charge in [0.25, 0.3) is 0 Å². The molecule has 0 amide bonds. The number of hydrogen-bond donors (Lipinski definition) is 1.